The van der Waals surface area contributed by atoms with Gasteiger partial charge in [-0.15, -0.1) is 0 Å². The Labute approximate surface area is 192 Å². The minimum absolute atomic E-state index is 0.132. The molecule has 3 rings (SSSR count). The Morgan fingerprint density at radius 2 is 1.76 bits per heavy atom. The van der Waals surface area contributed by atoms with Crippen LogP contribution in [-0.4, -0.2) is 39.6 Å². The van der Waals surface area contributed by atoms with Crippen molar-refractivity contribution in [2.45, 2.75) is 39.2 Å². The Bertz CT molecular complexity index is 1200. The van der Waals surface area contributed by atoms with E-state index >= 15 is 0 Å². The number of aliphatic hydroxyl groups is 1. The van der Waals surface area contributed by atoms with Gasteiger partial charge >= 0.3 is 0 Å². The molecule has 1 amide bonds. The molecule has 7 nitrogen and oxygen atoms in total. The van der Waals surface area contributed by atoms with Gasteiger partial charge in [-0.1, -0.05) is 41.6 Å². The summed E-state index contributed by atoms with van der Waals surface area (Å²) >= 11 is 0. The summed E-state index contributed by atoms with van der Waals surface area (Å²) in [6, 6.07) is 16.7. The van der Waals surface area contributed by atoms with Crippen molar-refractivity contribution in [2.24, 2.45) is 5.16 Å². The third-order valence-corrected chi connectivity index (χ3v) is 5.73. The zero-order valence-electron chi connectivity index (χ0n) is 19.0. The maximum Gasteiger partial charge on any atom is 0.251 e. The van der Waals surface area contributed by atoms with Gasteiger partial charge < -0.3 is 20.6 Å². The third kappa shape index (κ3) is 5.75. The molecule has 1 heterocycles. The second-order valence-electron chi connectivity index (χ2n) is 8.24. The molecule has 172 valence electrons. The van der Waals surface area contributed by atoms with E-state index in [-0.39, 0.29) is 30.0 Å². The second-order valence-corrected chi connectivity index (χ2v) is 8.24. The van der Waals surface area contributed by atoms with Crippen molar-refractivity contribution >= 4 is 11.6 Å². The average molecular weight is 448 g/mol. The van der Waals surface area contributed by atoms with Crippen LogP contribution < -0.4 is 10.9 Å². The van der Waals surface area contributed by atoms with Crippen LogP contribution in [0.25, 0.3) is 0 Å². The quantitative estimate of drug-likeness (QED) is 0.240. The topological polar surface area (TPSA) is 115 Å². The average Bonchev–Trinajstić information content (AvgIpc) is 2.82. The maximum absolute atomic E-state index is 12.4. The fourth-order valence-corrected chi connectivity index (χ4v) is 3.78. The number of aromatic amines is 1. The number of nitrogens with one attached hydrogen (secondary N) is 2. The van der Waals surface area contributed by atoms with Crippen molar-refractivity contribution in [1.29, 1.82) is 0 Å². The number of carbonyl (C=O) groups excluding carboxylic acids is 1. The highest BCUT2D eigenvalue weighted by Crippen LogP contribution is 2.32. The van der Waals surface area contributed by atoms with Crippen LogP contribution in [0.3, 0.4) is 0 Å². The number of benzene rings is 2. The number of pyridine rings is 1. The molecule has 0 fully saturated rings. The number of carbonyl (C=O) groups is 1. The highest BCUT2D eigenvalue weighted by atomic mass is 16.4. The van der Waals surface area contributed by atoms with Crippen LogP contribution in [0.1, 0.15) is 57.4 Å². The van der Waals surface area contributed by atoms with Crippen LogP contribution in [-0.2, 0) is 0 Å². The SMILES string of the molecule is Cc1ccccc1C(C/C(=N\O)c1c[nH]c(=O)c(C)c1)c1ccc(C(=O)N[C@@H](C)CO)cc1. The smallest absolute Gasteiger partial charge is 0.251 e. The van der Waals surface area contributed by atoms with Crippen molar-refractivity contribution < 1.29 is 15.1 Å². The number of rotatable bonds is 8. The minimum Gasteiger partial charge on any atom is -0.411 e. The number of aliphatic hydroxyl groups excluding tert-OH is 1. The summed E-state index contributed by atoms with van der Waals surface area (Å²) < 4.78 is 0. The molecule has 0 saturated carbocycles. The monoisotopic (exact) mass is 447 g/mol. The lowest BCUT2D eigenvalue weighted by molar-refractivity contribution is 0.0922. The Morgan fingerprint density at radius 3 is 2.36 bits per heavy atom. The van der Waals surface area contributed by atoms with E-state index in [0.717, 1.165) is 16.7 Å². The maximum atomic E-state index is 12.4. The largest absolute Gasteiger partial charge is 0.411 e. The minimum atomic E-state index is -0.332. The number of aromatic nitrogens is 1. The molecule has 1 unspecified atom stereocenters. The zero-order valence-corrected chi connectivity index (χ0v) is 19.0. The van der Waals surface area contributed by atoms with Crippen LogP contribution in [0.2, 0.25) is 0 Å². The fourth-order valence-electron chi connectivity index (χ4n) is 3.78. The van der Waals surface area contributed by atoms with E-state index in [1.165, 1.54) is 0 Å². The van der Waals surface area contributed by atoms with Gasteiger partial charge in [0.2, 0.25) is 0 Å². The van der Waals surface area contributed by atoms with E-state index in [2.05, 4.69) is 15.5 Å². The molecule has 1 aromatic heterocycles. The molecule has 3 aromatic rings. The summed E-state index contributed by atoms with van der Waals surface area (Å²) in [7, 11) is 0. The van der Waals surface area contributed by atoms with Gasteiger partial charge in [0.25, 0.3) is 11.5 Å². The Kier molecular flexibility index (Phi) is 7.79. The first kappa shape index (κ1) is 23.9. The van der Waals surface area contributed by atoms with Crippen molar-refractivity contribution in [1.82, 2.24) is 10.3 Å². The van der Waals surface area contributed by atoms with Crippen molar-refractivity contribution in [3.05, 3.63) is 105 Å². The number of nitrogens with zero attached hydrogens (tertiary/aromatic N) is 1. The lowest BCUT2D eigenvalue weighted by Gasteiger charge is -2.21. The Balaban J connectivity index is 1.97. The molecule has 0 radical (unpaired) electrons. The van der Waals surface area contributed by atoms with E-state index in [4.69, 9.17) is 5.11 Å². The van der Waals surface area contributed by atoms with E-state index < -0.39 is 0 Å². The molecule has 0 bridgehead atoms. The standard InChI is InChI=1S/C26H29N3O4/c1-16-6-4-5-7-22(16)23(13-24(29-33)21-12-17(2)25(31)27-14-21)19-8-10-20(11-9-19)26(32)28-18(3)15-30/h4-12,14,18,23,30,33H,13,15H2,1-3H3,(H,27,31)(H,28,32)/b29-24+/t18-,23?/m0/s1. The first-order chi connectivity index (χ1) is 15.8. The van der Waals surface area contributed by atoms with Crippen LogP contribution in [0.15, 0.2) is 70.7 Å². The van der Waals surface area contributed by atoms with E-state index in [0.29, 0.717) is 28.8 Å². The third-order valence-electron chi connectivity index (χ3n) is 5.73. The summed E-state index contributed by atoms with van der Waals surface area (Å²) in [6.07, 6.45) is 1.94. The molecule has 2 atom stereocenters. The van der Waals surface area contributed by atoms with Gasteiger partial charge in [-0.05, 0) is 55.7 Å². The first-order valence-corrected chi connectivity index (χ1v) is 10.8. The molecule has 4 N–H and O–H groups in total. The number of hydrogen-bond acceptors (Lipinski definition) is 5. The molecule has 0 aliphatic heterocycles. The molecule has 0 spiro atoms. The Hall–Kier alpha value is -3.71. The van der Waals surface area contributed by atoms with Gasteiger partial charge in [-0.25, -0.2) is 0 Å². The van der Waals surface area contributed by atoms with Gasteiger partial charge in [-0.2, -0.15) is 0 Å². The summed E-state index contributed by atoms with van der Waals surface area (Å²) in [5.41, 5.74) is 5.06. The number of hydrogen-bond donors (Lipinski definition) is 4. The van der Waals surface area contributed by atoms with Crippen molar-refractivity contribution in [3.63, 3.8) is 0 Å². The van der Waals surface area contributed by atoms with Crippen LogP contribution in [0.5, 0.6) is 0 Å². The highest BCUT2D eigenvalue weighted by Gasteiger charge is 2.21. The summed E-state index contributed by atoms with van der Waals surface area (Å²) in [6.45, 7) is 5.33. The first-order valence-electron chi connectivity index (χ1n) is 10.8. The van der Waals surface area contributed by atoms with Gasteiger partial charge in [0.1, 0.15) is 0 Å². The predicted molar refractivity (Wildman–Crippen MR) is 128 cm³/mol. The van der Waals surface area contributed by atoms with Crippen LogP contribution in [0.4, 0.5) is 0 Å². The molecule has 2 aromatic carbocycles. The van der Waals surface area contributed by atoms with E-state index in [1.807, 2.05) is 43.3 Å². The van der Waals surface area contributed by atoms with Crippen molar-refractivity contribution in [3.8, 4) is 0 Å². The predicted octanol–water partition coefficient (Wildman–Crippen LogP) is 3.50. The van der Waals surface area contributed by atoms with Gasteiger partial charge in [-0.3, -0.25) is 9.59 Å². The lowest BCUT2D eigenvalue weighted by Crippen LogP contribution is -2.34. The summed E-state index contributed by atoms with van der Waals surface area (Å²) in [4.78, 5) is 26.8. The van der Waals surface area contributed by atoms with Gasteiger partial charge in [0.05, 0.1) is 12.3 Å². The van der Waals surface area contributed by atoms with Crippen molar-refractivity contribution in [2.75, 3.05) is 6.61 Å². The summed E-state index contributed by atoms with van der Waals surface area (Å²) in [5, 5.41) is 25.2. The van der Waals surface area contributed by atoms with Gasteiger partial charge in [0, 0.05) is 41.3 Å². The highest BCUT2D eigenvalue weighted by molar-refractivity contribution is 6.01. The number of H-pyrrole nitrogens is 1. The second kappa shape index (κ2) is 10.7. The molecule has 0 aliphatic rings. The normalized spacial score (nSPS) is 13.4. The molecular formula is C26H29N3O4. The fraction of sp³-hybridized carbons (Fsp3) is 0.269. The lowest BCUT2D eigenvalue weighted by atomic mass is 9.83. The molecule has 0 saturated heterocycles. The van der Waals surface area contributed by atoms with Crippen LogP contribution in [0, 0.1) is 13.8 Å². The van der Waals surface area contributed by atoms with Gasteiger partial charge in [0.15, 0.2) is 0 Å². The van der Waals surface area contributed by atoms with Crippen LogP contribution >= 0.6 is 0 Å². The number of amides is 1. The molecule has 0 aliphatic carbocycles. The summed E-state index contributed by atoms with van der Waals surface area (Å²) in [5.74, 6) is -0.394. The van der Waals surface area contributed by atoms with E-state index in [1.54, 1.807) is 38.2 Å². The molecule has 33 heavy (non-hydrogen) atoms. The van der Waals surface area contributed by atoms with E-state index in [9.17, 15) is 14.8 Å². The molecular weight excluding hydrogens is 418 g/mol. The number of aryl methyl sites for hydroxylation is 2. The number of oxime groups is 1. The zero-order chi connectivity index (χ0) is 24.0. The Morgan fingerprint density at radius 1 is 1.06 bits per heavy atom. The molecule has 7 heteroatoms.